The lowest BCUT2D eigenvalue weighted by Gasteiger charge is -2.03. The Kier molecular flexibility index (Phi) is 3.39. The summed E-state index contributed by atoms with van der Waals surface area (Å²) < 4.78 is 1.89. The summed E-state index contributed by atoms with van der Waals surface area (Å²) in [4.78, 5) is 15.1. The Morgan fingerprint density at radius 3 is 2.56 bits per heavy atom. The number of carboxylic acid groups (broad SMARTS) is 1. The van der Waals surface area contributed by atoms with E-state index < -0.39 is 5.97 Å². The van der Waals surface area contributed by atoms with Crippen molar-refractivity contribution in [3.63, 3.8) is 0 Å². The Labute approximate surface area is 110 Å². The Morgan fingerprint density at radius 2 is 2.00 bits per heavy atom. The van der Waals surface area contributed by atoms with Crippen LogP contribution < -0.4 is 0 Å². The van der Waals surface area contributed by atoms with Crippen LogP contribution in [0.1, 0.15) is 11.4 Å². The van der Waals surface area contributed by atoms with Gasteiger partial charge in [0.05, 0.1) is 12.1 Å². The van der Waals surface area contributed by atoms with Crippen LogP contribution in [0.4, 0.5) is 0 Å². The molecule has 2 aromatic rings. The van der Waals surface area contributed by atoms with E-state index in [-0.39, 0.29) is 6.42 Å². The number of carbonyl (C=O) groups is 1. The molecule has 0 fully saturated rings. The van der Waals surface area contributed by atoms with Crippen molar-refractivity contribution in [2.24, 2.45) is 7.05 Å². The lowest BCUT2D eigenvalue weighted by atomic mass is 10.2. The molecule has 0 aliphatic carbocycles. The molecule has 0 bridgehead atoms. The van der Waals surface area contributed by atoms with Crippen LogP contribution in [-0.4, -0.2) is 20.6 Å². The lowest BCUT2D eigenvalue weighted by Crippen LogP contribution is -2.02. The largest absolute Gasteiger partial charge is 0.481 e. The molecule has 0 amide bonds. The van der Waals surface area contributed by atoms with Crippen LogP contribution in [0, 0.1) is 6.92 Å². The Morgan fingerprint density at radius 1 is 1.39 bits per heavy atom. The zero-order valence-electron chi connectivity index (χ0n) is 10.1. The van der Waals surface area contributed by atoms with Gasteiger partial charge in [-0.1, -0.05) is 11.6 Å². The van der Waals surface area contributed by atoms with Crippen molar-refractivity contribution < 1.29 is 9.90 Å². The Balaban J connectivity index is 2.45. The maximum absolute atomic E-state index is 10.8. The fourth-order valence-corrected chi connectivity index (χ4v) is 1.93. The van der Waals surface area contributed by atoms with E-state index in [0.29, 0.717) is 10.7 Å². The normalized spacial score (nSPS) is 10.6. The summed E-state index contributed by atoms with van der Waals surface area (Å²) in [6, 6.07) is 7.32. The zero-order chi connectivity index (χ0) is 13.3. The van der Waals surface area contributed by atoms with E-state index in [0.717, 1.165) is 17.1 Å². The third-order valence-corrected chi connectivity index (χ3v) is 3.15. The molecule has 5 heteroatoms. The molecule has 0 aliphatic rings. The van der Waals surface area contributed by atoms with Gasteiger partial charge < -0.3 is 9.67 Å². The number of carboxylic acids is 1. The van der Waals surface area contributed by atoms with E-state index in [1.54, 1.807) is 12.1 Å². The van der Waals surface area contributed by atoms with Crippen molar-refractivity contribution in [3.05, 3.63) is 40.7 Å². The maximum atomic E-state index is 10.8. The molecule has 0 radical (unpaired) electrons. The highest BCUT2D eigenvalue weighted by Crippen LogP contribution is 2.23. The van der Waals surface area contributed by atoms with Gasteiger partial charge in [0.1, 0.15) is 5.82 Å². The van der Waals surface area contributed by atoms with Crippen molar-refractivity contribution in [3.8, 4) is 11.4 Å². The molecule has 4 nitrogen and oxygen atoms in total. The number of aromatic nitrogens is 2. The predicted molar refractivity (Wildman–Crippen MR) is 69.7 cm³/mol. The molecule has 0 saturated heterocycles. The van der Waals surface area contributed by atoms with Gasteiger partial charge in [0.15, 0.2) is 0 Å². The number of halogens is 1. The highest BCUT2D eigenvalue weighted by molar-refractivity contribution is 6.30. The SMILES string of the molecule is Cc1c(CC(=O)O)nc(-c2ccc(Cl)cc2)n1C. The van der Waals surface area contributed by atoms with Crippen molar-refractivity contribution in [2.45, 2.75) is 13.3 Å². The van der Waals surface area contributed by atoms with E-state index >= 15 is 0 Å². The van der Waals surface area contributed by atoms with E-state index in [1.807, 2.05) is 30.7 Å². The summed E-state index contributed by atoms with van der Waals surface area (Å²) in [5.41, 5.74) is 2.37. The van der Waals surface area contributed by atoms with Gasteiger partial charge in [-0.25, -0.2) is 4.98 Å². The van der Waals surface area contributed by atoms with Gasteiger partial charge in [0.2, 0.25) is 0 Å². The summed E-state index contributed by atoms with van der Waals surface area (Å²) in [7, 11) is 1.87. The highest BCUT2D eigenvalue weighted by Gasteiger charge is 2.14. The zero-order valence-corrected chi connectivity index (χ0v) is 10.9. The van der Waals surface area contributed by atoms with E-state index in [9.17, 15) is 4.79 Å². The summed E-state index contributed by atoms with van der Waals surface area (Å²) >= 11 is 5.84. The van der Waals surface area contributed by atoms with Gasteiger partial charge in [-0.2, -0.15) is 0 Å². The third-order valence-electron chi connectivity index (χ3n) is 2.90. The van der Waals surface area contributed by atoms with Crippen LogP contribution in [0.3, 0.4) is 0 Å². The van der Waals surface area contributed by atoms with Crippen LogP contribution in [-0.2, 0) is 18.3 Å². The van der Waals surface area contributed by atoms with Crippen LogP contribution in [0.25, 0.3) is 11.4 Å². The molecular formula is C13H13ClN2O2. The standard InChI is InChI=1S/C13H13ClN2O2/c1-8-11(7-12(17)18)15-13(16(8)2)9-3-5-10(14)6-4-9/h3-6H,7H2,1-2H3,(H,17,18). The topological polar surface area (TPSA) is 55.1 Å². The first-order valence-electron chi connectivity index (χ1n) is 5.49. The highest BCUT2D eigenvalue weighted by atomic mass is 35.5. The number of nitrogens with zero attached hydrogens (tertiary/aromatic N) is 2. The van der Waals surface area contributed by atoms with Gasteiger partial charge in [-0.05, 0) is 31.2 Å². The predicted octanol–water partition coefficient (Wildman–Crippen LogP) is 2.68. The van der Waals surface area contributed by atoms with Crippen molar-refractivity contribution in [1.82, 2.24) is 9.55 Å². The quantitative estimate of drug-likeness (QED) is 0.927. The first-order chi connectivity index (χ1) is 8.49. The van der Waals surface area contributed by atoms with Crippen LogP contribution in [0.2, 0.25) is 5.02 Å². The van der Waals surface area contributed by atoms with Crippen LogP contribution in [0.5, 0.6) is 0 Å². The van der Waals surface area contributed by atoms with Crippen LogP contribution in [0.15, 0.2) is 24.3 Å². The summed E-state index contributed by atoms with van der Waals surface area (Å²) in [6.45, 7) is 1.87. The maximum Gasteiger partial charge on any atom is 0.309 e. The number of imidazole rings is 1. The summed E-state index contributed by atoms with van der Waals surface area (Å²) in [5.74, 6) is -0.126. The molecule has 94 valence electrons. The summed E-state index contributed by atoms with van der Waals surface area (Å²) in [6.07, 6.45) is -0.0622. The van der Waals surface area contributed by atoms with Gasteiger partial charge in [-0.3, -0.25) is 4.79 Å². The minimum Gasteiger partial charge on any atom is -0.481 e. The molecule has 1 heterocycles. The third kappa shape index (κ3) is 2.38. The molecule has 1 aromatic heterocycles. The molecule has 0 aliphatic heterocycles. The number of hydrogen-bond donors (Lipinski definition) is 1. The molecule has 2 rings (SSSR count). The van der Waals surface area contributed by atoms with Gasteiger partial charge in [0, 0.05) is 23.3 Å². The molecule has 18 heavy (non-hydrogen) atoms. The number of benzene rings is 1. The average Bonchev–Trinajstić information content (AvgIpc) is 2.58. The fraction of sp³-hybridized carbons (Fsp3) is 0.231. The number of rotatable bonds is 3. The molecule has 1 N–H and O–H groups in total. The van der Waals surface area contributed by atoms with Crippen molar-refractivity contribution in [1.29, 1.82) is 0 Å². The minimum atomic E-state index is -0.876. The molecule has 1 aromatic carbocycles. The monoisotopic (exact) mass is 264 g/mol. The fourth-order valence-electron chi connectivity index (χ4n) is 1.80. The molecule has 0 unspecified atom stereocenters. The Hall–Kier alpha value is -1.81. The first kappa shape index (κ1) is 12.6. The van der Waals surface area contributed by atoms with Crippen molar-refractivity contribution >= 4 is 17.6 Å². The Bertz CT molecular complexity index is 588. The van der Waals surface area contributed by atoms with E-state index in [4.69, 9.17) is 16.7 Å². The lowest BCUT2D eigenvalue weighted by molar-refractivity contribution is -0.136. The number of aliphatic carboxylic acids is 1. The minimum absolute atomic E-state index is 0.0622. The van der Waals surface area contributed by atoms with Gasteiger partial charge >= 0.3 is 5.97 Å². The molecule has 0 atom stereocenters. The smallest absolute Gasteiger partial charge is 0.309 e. The second-order valence-electron chi connectivity index (χ2n) is 4.10. The number of hydrogen-bond acceptors (Lipinski definition) is 2. The van der Waals surface area contributed by atoms with E-state index in [1.165, 1.54) is 0 Å². The van der Waals surface area contributed by atoms with Gasteiger partial charge in [0.25, 0.3) is 0 Å². The molecule has 0 spiro atoms. The summed E-state index contributed by atoms with van der Waals surface area (Å²) in [5, 5.41) is 9.49. The second kappa shape index (κ2) is 4.82. The van der Waals surface area contributed by atoms with Crippen LogP contribution >= 0.6 is 11.6 Å². The molecule has 0 saturated carbocycles. The van der Waals surface area contributed by atoms with E-state index in [2.05, 4.69) is 4.98 Å². The molecular weight excluding hydrogens is 252 g/mol. The van der Waals surface area contributed by atoms with Crippen molar-refractivity contribution in [2.75, 3.05) is 0 Å². The first-order valence-corrected chi connectivity index (χ1v) is 5.86. The van der Waals surface area contributed by atoms with Gasteiger partial charge in [-0.15, -0.1) is 0 Å². The second-order valence-corrected chi connectivity index (χ2v) is 4.54. The average molecular weight is 265 g/mol.